The molecule has 0 fully saturated rings. The maximum absolute atomic E-state index is 12.4. The summed E-state index contributed by atoms with van der Waals surface area (Å²) in [5, 5.41) is 4.62. The molecule has 2 heterocycles. The minimum absolute atomic E-state index is 0.125. The number of nitrogens with zero attached hydrogens (tertiary/aromatic N) is 3. The van der Waals surface area contributed by atoms with E-state index in [1.165, 1.54) is 11.3 Å². The summed E-state index contributed by atoms with van der Waals surface area (Å²) in [4.78, 5) is 14.1. The third kappa shape index (κ3) is 4.49. The van der Waals surface area contributed by atoms with Crippen LogP contribution >= 0.6 is 0 Å². The average molecular weight is 331 g/mol. The van der Waals surface area contributed by atoms with Crippen molar-refractivity contribution in [3.05, 3.63) is 40.6 Å². The van der Waals surface area contributed by atoms with Crippen LogP contribution in [0.25, 0.3) is 0 Å². The average Bonchev–Trinajstić information content (AvgIpc) is 3.01. The van der Waals surface area contributed by atoms with Gasteiger partial charge in [0.05, 0.1) is 12.2 Å². The lowest BCUT2D eigenvalue weighted by molar-refractivity contribution is -0.130. The van der Waals surface area contributed by atoms with Gasteiger partial charge in [0.15, 0.2) is 0 Å². The van der Waals surface area contributed by atoms with Crippen LogP contribution in [-0.2, 0) is 24.3 Å². The molecule has 0 bridgehead atoms. The Balaban J connectivity index is 1.94. The van der Waals surface area contributed by atoms with E-state index in [1.807, 2.05) is 33.0 Å². The Hall–Kier alpha value is -2.04. The van der Waals surface area contributed by atoms with E-state index in [1.54, 1.807) is 4.90 Å². The Morgan fingerprint density at radius 3 is 2.58 bits per heavy atom. The second-order valence-electron chi connectivity index (χ2n) is 6.99. The molecule has 0 aliphatic heterocycles. The summed E-state index contributed by atoms with van der Waals surface area (Å²) in [5.41, 5.74) is 3.41. The van der Waals surface area contributed by atoms with Gasteiger partial charge in [0.25, 0.3) is 0 Å². The zero-order chi connectivity index (χ0) is 17.9. The highest BCUT2D eigenvalue weighted by atomic mass is 16.3. The summed E-state index contributed by atoms with van der Waals surface area (Å²) in [6.45, 7) is 11.8. The number of aryl methyl sites for hydroxylation is 2. The van der Waals surface area contributed by atoms with Gasteiger partial charge in [0, 0.05) is 25.7 Å². The standard InChI is InChI=1S/C19H29N3O2/c1-13(2)11-22-16(5)18(15(4)20-22)9-10-19(23)21(6)12-17-8-7-14(3)24-17/h7-8,13H,9-12H2,1-6H3. The normalized spacial score (nSPS) is 11.3. The summed E-state index contributed by atoms with van der Waals surface area (Å²) >= 11 is 0. The molecule has 5 heteroatoms. The lowest BCUT2D eigenvalue weighted by Crippen LogP contribution is -2.26. The maximum Gasteiger partial charge on any atom is 0.223 e. The predicted molar refractivity (Wildman–Crippen MR) is 94.8 cm³/mol. The van der Waals surface area contributed by atoms with Crippen molar-refractivity contribution in [3.8, 4) is 0 Å². The fourth-order valence-corrected chi connectivity index (χ4v) is 2.93. The molecule has 2 aromatic heterocycles. The largest absolute Gasteiger partial charge is 0.464 e. The van der Waals surface area contributed by atoms with Crippen LogP contribution in [0, 0.1) is 26.7 Å². The number of carbonyl (C=O) groups excluding carboxylic acids is 1. The highest BCUT2D eigenvalue weighted by molar-refractivity contribution is 5.76. The van der Waals surface area contributed by atoms with Crippen LogP contribution in [0.4, 0.5) is 0 Å². The quantitative estimate of drug-likeness (QED) is 0.778. The summed E-state index contributed by atoms with van der Waals surface area (Å²) in [5.74, 6) is 2.37. The van der Waals surface area contributed by atoms with Crippen molar-refractivity contribution in [2.24, 2.45) is 5.92 Å². The zero-order valence-electron chi connectivity index (χ0n) is 15.7. The first-order chi connectivity index (χ1) is 11.3. The maximum atomic E-state index is 12.4. The minimum Gasteiger partial charge on any atom is -0.464 e. The molecule has 2 aromatic rings. The second kappa shape index (κ2) is 7.69. The Kier molecular flexibility index (Phi) is 5.86. The van der Waals surface area contributed by atoms with E-state index in [2.05, 4.69) is 30.6 Å². The Morgan fingerprint density at radius 1 is 1.29 bits per heavy atom. The van der Waals surface area contributed by atoms with E-state index in [0.717, 1.165) is 30.2 Å². The van der Waals surface area contributed by atoms with Crippen molar-refractivity contribution in [2.45, 2.75) is 60.5 Å². The van der Waals surface area contributed by atoms with Crippen LogP contribution < -0.4 is 0 Å². The molecule has 0 N–H and O–H groups in total. The van der Waals surface area contributed by atoms with Gasteiger partial charge in [-0.15, -0.1) is 0 Å². The Bertz CT molecular complexity index is 698. The summed E-state index contributed by atoms with van der Waals surface area (Å²) in [7, 11) is 1.82. The molecule has 0 spiro atoms. The summed E-state index contributed by atoms with van der Waals surface area (Å²) in [6.07, 6.45) is 1.22. The molecule has 0 atom stereocenters. The Morgan fingerprint density at radius 2 is 2.00 bits per heavy atom. The van der Waals surface area contributed by atoms with Crippen LogP contribution in [0.1, 0.15) is 48.7 Å². The molecule has 0 aliphatic carbocycles. The lowest BCUT2D eigenvalue weighted by Gasteiger charge is -2.16. The number of rotatable bonds is 7. The van der Waals surface area contributed by atoms with E-state index in [9.17, 15) is 4.79 Å². The number of hydrogen-bond donors (Lipinski definition) is 0. The molecule has 0 radical (unpaired) electrons. The first-order valence-corrected chi connectivity index (χ1v) is 8.60. The molecule has 5 nitrogen and oxygen atoms in total. The molecule has 0 aliphatic rings. The number of aromatic nitrogens is 2. The third-order valence-electron chi connectivity index (χ3n) is 4.27. The van der Waals surface area contributed by atoms with E-state index in [-0.39, 0.29) is 5.91 Å². The molecular weight excluding hydrogens is 302 g/mol. The predicted octanol–water partition coefficient (Wildman–Crippen LogP) is 3.65. The van der Waals surface area contributed by atoms with E-state index >= 15 is 0 Å². The first-order valence-electron chi connectivity index (χ1n) is 8.60. The molecule has 0 saturated carbocycles. The minimum atomic E-state index is 0.125. The third-order valence-corrected chi connectivity index (χ3v) is 4.27. The van der Waals surface area contributed by atoms with Crippen LogP contribution in [0.2, 0.25) is 0 Å². The van der Waals surface area contributed by atoms with Crippen molar-refractivity contribution in [1.29, 1.82) is 0 Å². The lowest BCUT2D eigenvalue weighted by atomic mass is 10.1. The molecule has 24 heavy (non-hydrogen) atoms. The molecule has 0 saturated heterocycles. The summed E-state index contributed by atoms with van der Waals surface area (Å²) < 4.78 is 7.60. The summed E-state index contributed by atoms with van der Waals surface area (Å²) in [6, 6.07) is 3.84. The van der Waals surface area contributed by atoms with Gasteiger partial charge in [-0.05, 0) is 50.8 Å². The van der Waals surface area contributed by atoms with Crippen LogP contribution in [0.5, 0.6) is 0 Å². The van der Waals surface area contributed by atoms with Crippen molar-refractivity contribution in [1.82, 2.24) is 14.7 Å². The number of furan rings is 1. The molecule has 2 rings (SSSR count). The van der Waals surface area contributed by atoms with E-state index in [0.29, 0.717) is 18.9 Å². The van der Waals surface area contributed by atoms with Gasteiger partial charge in [-0.25, -0.2) is 0 Å². The van der Waals surface area contributed by atoms with Gasteiger partial charge in [-0.3, -0.25) is 9.48 Å². The second-order valence-corrected chi connectivity index (χ2v) is 6.99. The zero-order valence-corrected chi connectivity index (χ0v) is 15.7. The van der Waals surface area contributed by atoms with Crippen LogP contribution in [0.3, 0.4) is 0 Å². The van der Waals surface area contributed by atoms with Gasteiger partial charge in [-0.2, -0.15) is 5.10 Å². The van der Waals surface area contributed by atoms with Crippen molar-refractivity contribution < 1.29 is 9.21 Å². The topological polar surface area (TPSA) is 51.3 Å². The highest BCUT2D eigenvalue weighted by Crippen LogP contribution is 2.17. The van der Waals surface area contributed by atoms with Crippen LogP contribution in [0.15, 0.2) is 16.5 Å². The first kappa shape index (κ1) is 18.3. The molecule has 0 unspecified atom stereocenters. The number of amides is 1. The Labute approximate surface area is 144 Å². The number of hydrogen-bond acceptors (Lipinski definition) is 3. The smallest absolute Gasteiger partial charge is 0.223 e. The molecule has 132 valence electrons. The van der Waals surface area contributed by atoms with Gasteiger partial charge in [-0.1, -0.05) is 13.8 Å². The molecule has 0 aromatic carbocycles. The van der Waals surface area contributed by atoms with Crippen molar-refractivity contribution in [2.75, 3.05) is 7.05 Å². The van der Waals surface area contributed by atoms with E-state index < -0.39 is 0 Å². The molecular formula is C19H29N3O2. The van der Waals surface area contributed by atoms with Gasteiger partial charge < -0.3 is 9.32 Å². The van der Waals surface area contributed by atoms with Crippen LogP contribution in [-0.4, -0.2) is 27.6 Å². The molecule has 1 amide bonds. The SMILES string of the molecule is Cc1ccc(CN(C)C(=O)CCc2c(C)nn(CC(C)C)c2C)o1. The fraction of sp³-hybridized carbons (Fsp3) is 0.579. The van der Waals surface area contributed by atoms with Gasteiger partial charge in [0.2, 0.25) is 5.91 Å². The van der Waals surface area contributed by atoms with E-state index in [4.69, 9.17) is 4.42 Å². The van der Waals surface area contributed by atoms with Gasteiger partial charge in [0.1, 0.15) is 11.5 Å². The monoisotopic (exact) mass is 331 g/mol. The van der Waals surface area contributed by atoms with Crippen molar-refractivity contribution in [3.63, 3.8) is 0 Å². The fourth-order valence-electron chi connectivity index (χ4n) is 2.93. The highest BCUT2D eigenvalue weighted by Gasteiger charge is 2.16. The van der Waals surface area contributed by atoms with Gasteiger partial charge >= 0.3 is 0 Å². The van der Waals surface area contributed by atoms with Crippen molar-refractivity contribution >= 4 is 5.91 Å². The number of carbonyl (C=O) groups is 1.